The molecule has 0 atom stereocenters. The number of nitrogens with zero attached hydrogens (tertiary/aromatic N) is 1. The van der Waals surface area contributed by atoms with Crippen LogP contribution in [-0.4, -0.2) is 11.0 Å². The maximum Gasteiger partial charge on any atom is 0.323 e. The van der Waals surface area contributed by atoms with E-state index < -0.39 is 0 Å². The molecule has 0 aliphatic rings. The van der Waals surface area contributed by atoms with Crippen molar-refractivity contribution in [3.8, 4) is 0 Å². The zero-order valence-electron chi connectivity index (χ0n) is 10.9. The summed E-state index contributed by atoms with van der Waals surface area (Å²) in [7, 11) is 0. The molecule has 20 heavy (non-hydrogen) atoms. The van der Waals surface area contributed by atoms with Gasteiger partial charge in [0.15, 0.2) is 0 Å². The predicted molar refractivity (Wildman–Crippen MR) is 84.3 cm³/mol. The Kier molecular flexibility index (Phi) is 4.90. The lowest BCUT2D eigenvalue weighted by Crippen LogP contribution is -2.23. The molecule has 1 heterocycles. The molecule has 0 aliphatic heterocycles. The molecule has 0 radical (unpaired) electrons. The van der Waals surface area contributed by atoms with Crippen LogP contribution in [0, 0.1) is 6.92 Å². The largest absolute Gasteiger partial charge is 0.323 e. The Morgan fingerprint density at radius 1 is 1.20 bits per heavy atom. The number of amides is 2. The normalized spacial score (nSPS) is 10.5. The minimum atomic E-state index is -0.302. The van der Waals surface area contributed by atoms with E-state index in [0.29, 0.717) is 5.69 Å². The van der Waals surface area contributed by atoms with E-state index >= 15 is 0 Å². The van der Waals surface area contributed by atoms with Crippen molar-refractivity contribution in [3.63, 3.8) is 0 Å². The van der Waals surface area contributed by atoms with E-state index in [1.807, 2.05) is 43.3 Å². The minimum Gasteiger partial charge on any atom is -0.314 e. The summed E-state index contributed by atoms with van der Waals surface area (Å²) in [6.45, 7) is 1.89. The fourth-order valence-electron chi connectivity index (χ4n) is 1.50. The Morgan fingerprint density at radius 3 is 2.60 bits per heavy atom. The lowest BCUT2D eigenvalue weighted by Gasteiger charge is -2.04. The summed E-state index contributed by atoms with van der Waals surface area (Å²) in [6, 6.07) is 11.1. The maximum atomic E-state index is 11.6. The van der Waals surface area contributed by atoms with Gasteiger partial charge in [0.25, 0.3) is 0 Å². The van der Waals surface area contributed by atoms with Crippen molar-refractivity contribution in [2.45, 2.75) is 6.92 Å². The maximum absolute atomic E-state index is 11.6. The van der Waals surface area contributed by atoms with Crippen LogP contribution in [0.4, 0.5) is 10.5 Å². The number of pyridine rings is 1. The van der Waals surface area contributed by atoms with Crippen LogP contribution in [0.1, 0.15) is 11.3 Å². The third-order valence-electron chi connectivity index (χ3n) is 2.53. The quantitative estimate of drug-likeness (QED) is 0.894. The zero-order chi connectivity index (χ0) is 14.4. The van der Waals surface area contributed by atoms with Gasteiger partial charge in [0.05, 0.1) is 11.9 Å². The molecule has 2 rings (SSSR count). The summed E-state index contributed by atoms with van der Waals surface area (Å²) >= 11 is 3.37. The molecule has 2 aromatic rings. The van der Waals surface area contributed by atoms with E-state index in [0.717, 1.165) is 15.7 Å². The van der Waals surface area contributed by atoms with Gasteiger partial charge in [0.2, 0.25) is 0 Å². The molecule has 2 amide bonds. The van der Waals surface area contributed by atoms with Crippen molar-refractivity contribution in [2.75, 3.05) is 5.32 Å². The molecular weight excluding hydrogens is 318 g/mol. The number of aryl methyl sites for hydroxylation is 1. The van der Waals surface area contributed by atoms with Crippen molar-refractivity contribution in [3.05, 3.63) is 64.5 Å². The number of rotatable bonds is 3. The van der Waals surface area contributed by atoms with Crippen molar-refractivity contribution in [1.29, 1.82) is 0 Å². The Bertz CT molecular complexity index is 606. The zero-order valence-corrected chi connectivity index (χ0v) is 12.5. The van der Waals surface area contributed by atoms with Crippen LogP contribution < -0.4 is 10.6 Å². The molecule has 0 unspecified atom stereocenters. The van der Waals surface area contributed by atoms with Gasteiger partial charge in [-0.3, -0.25) is 4.98 Å². The highest BCUT2D eigenvalue weighted by molar-refractivity contribution is 9.10. The molecule has 0 bridgehead atoms. The summed E-state index contributed by atoms with van der Waals surface area (Å²) < 4.78 is 1.02. The van der Waals surface area contributed by atoms with Crippen LogP contribution >= 0.6 is 15.9 Å². The second-order valence-electron chi connectivity index (χ2n) is 4.17. The van der Waals surface area contributed by atoms with Crippen molar-refractivity contribution >= 4 is 33.7 Å². The third-order valence-corrected chi connectivity index (χ3v) is 3.06. The number of hydrogen-bond acceptors (Lipinski definition) is 2. The van der Waals surface area contributed by atoms with Gasteiger partial charge in [-0.15, -0.1) is 0 Å². The van der Waals surface area contributed by atoms with Crippen molar-refractivity contribution < 1.29 is 4.79 Å². The van der Waals surface area contributed by atoms with Gasteiger partial charge in [-0.1, -0.05) is 28.1 Å². The number of urea groups is 1. The number of benzene rings is 1. The first-order chi connectivity index (χ1) is 9.63. The molecule has 4 nitrogen and oxygen atoms in total. The Morgan fingerprint density at radius 2 is 1.95 bits per heavy atom. The summed E-state index contributed by atoms with van der Waals surface area (Å²) in [4.78, 5) is 15.7. The van der Waals surface area contributed by atoms with E-state index in [2.05, 4.69) is 31.5 Å². The number of nitrogens with one attached hydrogen (secondary N) is 2. The molecule has 5 heteroatoms. The number of aromatic nitrogens is 1. The lowest BCUT2D eigenvalue weighted by atomic mass is 10.2. The fraction of sp³-hybridized carbons (Fsp3) is 0.0667. The first kappa shape index (κ1) is 14.3. The van der Waals surface area contributed by atoms with E-state index in [4.69, 9.17) is 0 Å². The van der Waals surface area contributed by atoms with E-state index in [1.54, 1.807) is 18.5 Å². The molecule has 0 saturated heterocycles. The molecule has 1 aromatic carbocycles. The molecule has 102 valence electrons. The van der Waals surface area contributed by atoms with Crippen molar-refractivity contribution in [2.24, 2.45) is 0 Å². The molecule has 0 spiro atoms. The molecule has 0 saturated carbocycles. The van der Waals surface area contributed by atoms with Gasteiger partial charge >= 0.3 is 6.03 Å². The van der Waals surface area contributed by atoms with Crippen LogP contribution in [0.3, 0.4) is 0 Å². The van der Waals surface area contributed by atoms with Gasteiger partial charge in [-0.05, 0) is 42.8 Å². The van der Waals surface area contributed by atoms with Crippen molar-refractivity contribution in [1.82, 2.24) is 10.3 Å². The van der Waals surface area contributed by atoms with Crippen LogP contribution in [0.5, 0.6) is 0 Å². The Labute approximate surface area is 126 Å². The number of hydrogen-bond donors (Lipinski definition) is 2. The van der Waals surface area contributed by atoms with E-state index in [9.17, 15) is 4.79 Å². The summed E-state index contributed by atoms with van der Waals surface area (Å²) in [5.41, 5.74) is 2.57. The highest BCUT2D eigenvalue weighted by atomic mass is 79.9. The van der Waals surface area contributed by atoms with Gasteiger partial charge in [-0.25, -0.2) is 4.79 Å². The second kappa shape index (κ2) is 6.86. The first-order valence-electron chi connectivity index (χ1n) is 6.06. The highest BCUT2D eigenvalue weighted by Crippen LogP contribution is 2.11. The summed E-state index contributed by atoms with van der Waals surface area (Å²) in [5, 5.41) is 5.33. The van der Waals surface area contributed by atoms with Gasteiger partial charge in [0.1, 0.15) is 0 Å². The minimum absolute atomic E-state index is 0.302. The third kappa shape index (κ3) is 4.51. The predicted octanol–water partition coefficient (Wildman–Crippen LogP) is 3.94. The first-order valence-corrected chi connectivity index (χ1v) is 6.85. The number of anilines is 1. The highest BCUT2D eigenvalue weighted by Gasteiger charge is 1.98. The molecular formula is C15H14BrN3O. The molecule has 1 aromatic heterocycles. The number of carbonyl (C=O) groups is 1. The topological polar surface area (TPSA) is 54.0 Å². The smallest absolute Gasteiger partial charge is 0.314 e. The Hall–Kier alpha value is -2.14. The summed E-state index contributed by atoms with van der Waals surface area (Å²) in [5.74, 6) is 0. The van der Waals surface area contributed by atoms with Gasteiger partial charge in [0, 0.05) is 16.4 Å². The molecule has 2 N–H and O–H groups in total. The van der Waals surface area contributed by atoms with Gasteiger partial charge in [-0.2, -0.15) is 0 Å². The monoisotopic (exact) mass is 331 g/mol. The van der Waals surface area contributed by atoms with Crippen LogP contribution in [0.15, 0.2) is 53.3 Å². The summed E-state index contributed by atoms with van der Waals surface area (Å²) in [6.07, 6.45) is 5.03. The van der Waals surface area contributed by atoms with Crippen LogP contribution in [-0.2, 0) is 0 Å². The SMILES string of the molecule is Cc1ccc(NC(=O)N/C=C/c2ccc(Br)cc2)cn1. The Balaban J connectivity index is 1.85. The lowest BCUT2D eigenvalue weighted by molar-refractivity contribution is 0.255. The fourth-order valence-corrected chi connectivity index (χ4v) is 1.76. The van der Waals surface area contributed by atoms with Crippen LogP contribution in [0.25, 0.3) is 6.08 Å². The molecule has 0 fully saturated rings. The van der Waals surface area contributed by atoms with Gasteiger partial charge < -0.3 is 10.6 Å². The average Bonchev–Trinajstić information content (AvgIpc) is 2.44. The second-order valence-corrected chi connectivity index (χ2v) is 5.09. The molecule has 0 aliphatic carbocycles. The standard InChI is InChI=1S/C15H14BrN3O/c1-11-2-7-14(10-18-11)19-15(20)17-9-8-12-3-5-13(16)6-4-12/h2-10H,1H3,(H2,17,19,20)/b9-8+. The van der Waals surface area contributed by atoms with E-state index in [-0.39, 0.29) is 6.03 Å². The van der Waals surface area contributed by atoms with E-state index in [1.165, 1.54) is 0 Å². The number of halogens is 1. The average molecular weight is 332 g/mol. The van der Waals surface area contributed by atoms with Crippen LogP contribution in [0.2, 0.25) is 0 Å². The number of carbonyl (C=O) groups excluding carboxylic acids is 1.